The Labute approximate surface area is 277 Å². The Morgan fingerprint density at radius 3 is 1.82 bits per heavy atom. The Bertz CT molecular complexity index is 1940. The molecule has 0 radical (unpaired) electrons. The van der Waals surface area contributed by atoms with Gasteiger partial charge in [-0.05, 0) is 87.5 Å². The van der Waals surface area contributed by atoms with Crippen molar-refractivity contribution in [2.24, 2.45) is 5.92 Å². The first kappa shape index (κ1) is 33.9. The molecule has 8 nitrogen and oxygen atoms in total. The number of hydrogen-bond acceptors (Lipinski definition) is 6. The Kier molecular flexibility index (Phi) is 9.95. The quantitative estimate of drug-likeness (QED) is 0.302. The van der Waals surface area contributed by atoms with E-state index >= 15 is 0 Å². The summed E-state index contributed by atoms with van der Waals surface area (Å²) in [6.45, 7) is 16.7. The maximum Gasteiger partial charge on any atom is 2.00 e. The molecule has 0 saturated carbocycles. The zero-order valence-electron chi connectivity index (χ0n) is 29.1. The van der Waals surface area contributed by atoms with E-state index in [-0.39, 0.29) is 57.4 Å². The van der Waals surface area contributed by atoms with Gasteiger partial charge in [0, 0.05) is 11.9 Å². The minimum Gasteiger partial charge on any atom is -0.657 e. The van der Waals surface area contributed by atoms with Crippen LogP contribution >= 0.6 is 0 Å². The third-order valence-electron chi connectivity index (χ3n) is 8.79. The van der Waals surface area contributed by atoms with Gasteiger partial charge in [-0.3, -0.25) is 0 Å². The average molecular weight is 649 g/mol. The largest absolute Gasteiger partial charge is 2.00 e. The predicted octanol–water partition coefficient (Wildman–Crippen LogP) is 5.27. The number of aromatic nitrogens is 4. The topological polar surface area (TPSA) is 134 Å². The molecule has 3 aromatic heterocycles. The van der Waals surface area contributed by atoms with Crippen molar-refractivity contribution in [3.8, 4) is 0 Å². The molecule has 0 unspecified atom stereocenters. The number of hydrogen-bond donors (Lipinski definition) is 0. The predicted molar refractivity (Wildman–Crippen MR) is 172 cm³/mol. The molecule has 0 aliphatic carbocycles. The van der Waals surface area contributed by atoms with Gasteiger partial charge in [0.05, 0.1) is 22.8 Å². The normalized spacial score (nSPS) is 13.2. The van der Waals surface area contributed by atoms with Crippen molar-refractivity contribution in [2.75, 3.05) is 0 Å². The number of aliphatic carboxylic acids is 2. The molecular formula is C36H40FeN4O4. The molecule has 0 amide bonds. The fraction of sp³-hybridized carbons (Fsp3) is 0.389. The van der Waals surface area contributed by atoms with Gasteiger partial charge >= 0.3 is 19.9 Å². The van der Waals surface area contributed by atoms with E-state index in [1.54, 1.807) is 0 Å². The van der Waals surface area contributed by atoms with Crippen LogP contribution in [0.15, 0.2) is 24.3 Å². The average Bonchev–Trinajstić information content (AvgIpc) is 3.59. The summed E-state index contributed by atoms with van der Waals surface area (Å²) in [5.41, 5.74) is 13.8. The van der Waals surface area contributed by atoms with Crippen molar-refractivity contribution in [3.63, 3.8) is 0 Å². The van der Waals surface area contributed by atoms with Gasteiger partial charge in [-0.1, -0.05) is 74.2 Å². The van der Waals surface area contributed by atoms with E-state index in [0.29, 0.717) is 22.4 Å². The number of carbonyl (C=O) groups is 2. The van der Waals surface area contributed by atoms with Crippen LogP contribution in [-0.2, 0) is 33.1 Å². The molecule has 8 bridgehead atoms. The van der Waals surface area contributed by atoms with Gasteiger partial charge < -0.3 is 29.8 Å². The standard InChI is InChI=1S/C36H42N4O4.Fe/c1-17(2)35-21(7)27-13-25-19(5)23(9-11-33(41)42)29(37-25)16-30-24(10-12-34(43)44)20(6)26(38-30)14-31-36(18(3)4)22(8)28(40-31)15-32(35)39-27;/h13-18H,9-12H2,1-8H3,(H4,37,38,39,40,41,42,43,44);/q;+2/p-2. The van der Waals surface area contributed by atoms with Crippen molar-refractivity contribution in [3.05, 3.63) is 69.3 Å². The summed E-state index contributed by atoms with van der Waals surface area (Å²) in [5, 5.41) is 22.9. The van der Waals surface area contributed by atoms with E-state index in [2.05, 4.69) is 47.6 Å². The molecule has 0 atom stereocenters. The molecule has 0 aromatic carbocycles. The fourth-order valence-electron chi connectivity index (χ4n) is 6.55. The zero-order chi connectivity index (χ0) is 32.0. The molecule has 0 fully saturated rings. The molecule has 9 heteroatoms. The van der Waals surface area contributed by atoms with Crippen LogP contribution in [0.1, 0.15) is 115 Å². The summed E-state index contributed by atoms with van der Waals surface area (Å²) in [5.74, 6) is -1.83. The molecule has 2 aliphatic heterocycles. The maximum atomic E-state index is 11.5. The monoisotopic (exact) mass is 648 g/mol. The van der Waals surface area contributed by atoms with E-state index in [4.69, 9.17) is 19.9 Å². The number of carboxylic acid groups (broad SMARTS) is 2. The number of carbonyl (C=O) groups excluding carboxylic acids is 2. The molecule has 236 valence electrons. The molecule has 0 saturated heterocycles. The van der Waals surface area contributed by atoms with Crippen LogP contribution in [0.25, 0.3) is 44.4 Å². The summed E-state index contributed by atoms with van der Waals surface area (Å²) in [6, 6.07) is 7.87. The van der Waals surface area contributed by atoms with E-state index in [0.717, 1.165) is 67.0 Å². The minimum absolute atomic E-state index is 0. The van der Waals surface area contributed by atoms with E-state index in [1.807, 2.05) is 32.0 Å². The fourth-order valence-corrected chi connectivity index (χ4v) is 6.55. The number of fused-ring (bicyclic) bond motifs is 8. The molecule has 3 aromatic rings. The SMILES string of the molecule is CC1=C(CCC(=O)[O-])c2cc3[n-]c(cc4nc(cc5[n-]c(cc1n2)c(C(C)C)c5C)C(C(C)C)=C4C)c(C)c3CCC(=O)[O-].[Fe+2].[H+].[H+]. The molecule has 5 heterocycles. The first-order chi connectivity index (χ1) is 20.8. The van der Waals surface area contributed by atoms with Crippen molar-refractivity contribution in [2.45, 2.75) is 87.0 Å². The first-order valence-electron chi connectivity index (χ1n) is 15.2. The summed E-state index contributed by atoms with van der Waals surface area (Å²) < 4.78 is 0. The van der Waals surface area contributed by atoms with Gasteiger partial charge in [-0.2, -0.15) is 0 Å². The zero-order valence-corrected chi connectivity index (χ0v) is 28.2. The Hall–Kier alpha value is -3.94. The van der Waals surface area contributed by atoms with Crippen molar-refractivity contribution < 1.29 is 39.7 Å². The number of rotatable bonds is 8. The van der Waals surface area contributed by atoms with Crippen molar-refractivity contribution in [1.29, 1.82) is 0 Å². The van der Waals surface area contributed by atoms with Gasteiger partial charge in [-0.25, -0.2) is 9.97 Å². The van der Waals surface area contributed by atoms with Crippen LogP contribution in [-0.4, -0.2) is 21.9 Å². The van der Waals surface area contributed by atoms with Crippen LogP contribution in [0, 0.1) is 19.8 Å². The summed E-state index contributed by atoms with van der Waals surface area (Å²) in [6.07, 6.45) is 0.190. The summed E-state index contributed by atoms with van der Waals surface area (Å²) >= 11 is 0. The van der Waals surface area contributed by atoms with E-state index in [9.17, 15) is 19.8 Å². The molecular weight excluding hydrogens is 608 g/mol. The van der Waals surface area contributed by atoms with Gasteiger partial charge in [0.1, 0.15) is 0 Å². The van der Waals surface area contributed by atoms with Gasteiger partial charge in [0.25, 0.3) is 0 Å². The number of carboxylic acids is 2. The van der Waals surface area contributed by atoms with Crippen LogP contribution in [0.4, 0.5) is 0 Å². The Morgan fingerprint density at radius 1 is 0.689 bits per heavy atom. The third-order valence-corrected chi connectivity index (χ3v) is 8.79. The third kappa shape index (κ3) is 6.56. The second kappa shape index (κ2) is 13.2. The Morgan fingerprint density at radius 2 is 1.20 bits per heavy atom. The van der Waals surface area contributed by atoms with Gasteiger partial charge in [0.2, 0.25) is 0 Å². The van der Waals surface area contributed by atoms with E-state index in [1.165, 1.54) is 0 Å². The number of aryl methyl sites for hydroxylation is 3. The van der Waals surface area contributed by atoms with Gasteiger partial charge in [-0.15, -0.1) is 22.1 Å². The molecule has 5 rings (SSSR count). The van der Waals surface area contributed by atoms with Gasteiger partial charge in [0.15, 0.2) is 0 Å². The van der Waals surface area contributed by atoms with Crippen LogP contribution in [0.2, 0.25) is 0 Å². The summed E-state index contributed by atoms with van der Waals surface area (Å²) in [7, 11) is 0. The first-order valence-corrected chi connectivity index (χ1v) is 15.2. The van der Waals surface area contributed by atoms with Crippen molar-refractivity contribution in [1.82, 2.24) is 19.9 Å². The number of allylic oxidation sites excluding steroid dienone is 4. The summed E-state index contributed by atoms with van der Waals surface area (Å²) in [4.78, 5) is 43.0. The number of nitrogens with zero attached hydrogens (tertiary/aromatic N) is 4. The minimum atomic E-state index is -1.14. The molecule has 45 heavy (non-hydrogen) atoms. The second-order valence-electron chi connectivity index (χ2n) is 12.4. The molecule has 0 N–H and O–H groups in total. The van der Waals surface area contributed by atoms with Crippen LogP contribution < -0.4 is 20.2 Å². The van der Waals surface area contributed by atoms with E-state index < -0.39 is 11.9 Å². The smallest absolute Gasteiger partial charge is 0.657 e. The molecule has 0 spiro atoms. The second-order valence-corrected chi connectivity index (χ2v) is 12.4. The molecule has 2 aliphatic rings. The Balaban J connectivity index is 0.00000256. The van der Waals surface area contributed by atoms with Crippen LogP contribution in [0.3, 0.4) is 0 Å². The maximum absolute atomic E-state index is 11.5. The van der Waals surface area contributed by atoms with Crippen molar-refractivity contribution >= 4 is 56.3 Å². The van der Waals surface area contributed by atoms with Crippen LogP contribution in [0.5, 0.6) is 0 Å².